The van der Waals surface area contributed by atoms with Crippen LogP contribution in [0.2, 0.25) is 5.02 Å². The van der Waals surface area contributed by atoms with Crippen LogP contribution >= 0.6 is 11.6 Å². The Morgan fingerprint density at radius 3 is 2.94 bits per heavy atom. The molecule has 0 aliphatic rings. The third-order valence-electron chi connectivity index (χ3n) is 2.21. The van der Waals surface area contributed by atoms with Gasteiger partial charge in [0, 0.05) is 12.2 Å². The minimum atomic E-state index is 0.335. The number of nitrogens with zero attached hydrogens (tertiary/aromatic N) is 2. The number of rotatable bonds is 4. The largest absolute Gasteiger partial charge is 0.370 e. The van der Waals surface area contributed by atoms with E-state index < -0.39 is 0 Å². The summed E-state index contributed by atoms with van der Waals surface area (Å²) < 4.78 is 0. The summed E-state index contributed by atoms with van der Waals surface area (Å²) in [6.45, 7) is 4.61. The second kappa shape index (κ2) is 6.33. The van der Waals surface area contributed by atoms with Crippen molar-refractivity contribution in [1.82, 2.24) is 10.3 Å². The zero-order valence-electron chi connectivity index (χ0n) is 9.57. The molecule has 1 aromatic heterocycles. The second-order valence-electron chi connectivity index (χ2n) is 3.62. The van der Waals surface area contributed by atoms with Crippen LogP contribution < -0.4 is 11.1 Å². The third kappa shape index (κ3) is 4.49. The van der Waals surface area contributed by atoms with Gasteiger partial charge in [-0.25, -0.2) is 4.99 Å². The van der Waals surface area contributed by atoms with E-state index in [-0.39, 0.29) is 0 Å². The molecule has 0 saturated heterocycles. The molecule has 88 valence electrons. The molecule has 1 aromatic rings. The van der Waals surface area contributed by atoms with Crippen LogP contribution in [0.3, 0.4) is 0 Å². The summed E-state index contributed by atoms with van der Waals surface area (Å²) in [4.78, 5) is 8.32. The van der Waals surface area contributed by atoms with Crippen LogP contribution in [-0.4, -0.2) is 17.0 Å². The number of nitrogens with one attached hydrogen (secondary N) is 1. The number of aliphatic imine (C=N–C) groups is 1. The first-order valence-electron chi connectivity index (χ1n) is 5.28. The van der Waals surface area contributed by atoms with Gasteiger partial charge in [0.1, 0.15) is 0 Å². The summed E-state index contributed by atoms with van der Waals surface area (Å²) in [5.74, 6) is 0.450. The summed E-state index contributed by atoms with van der Waals surface area (Å²) in [7, 11) is 0. The number of aromatic nitrogens is 1. The van der Waals surface area contributed by atoms with E-state index in [1.54, 1.807) is 12.3 Å². The highest BCUT2D eigenvalue weighted by atomic mass is 35.5. The predicted molar refractivity (Wildman–Crippen MR) is 67.5 cm³/mol. The molecule has 5 heteroatoms. The van der Waals surface area contributed by atoms with Crippen molar-refractivity contribution in [2.45, 2.75) is 32.9 Å². The molecule has 0 aromatic carbocycles. The zero-order valence-corrected chi connectivity index (χ0v) is 10.3. The van der Waals surface area contributed by atoms with Gasteiger partial charge >= 0.3 is 0 Å². The minimum absolute atomic E-state index is 0.335. The van der Waals surface area contributed by atoms with E-state index in [2.05, 4.69) is 29.1 Å². The van der Waals surface area contributed by atoms with Crippen molar-refractivity contribution in [3.05, 3.63) is 29.0 Å². The Balaban J connectivity index is 2.49. The molecule has 1 unspecified atom stereocenters. The third-order valence-corrected chi connectivity index (χ3v) is 2.43. The Labute approximate surface area is 101 Å². The average Bonchev–Trinajstić information content (AvgIpc) is 2.28. The highest BCUT2D eigenvalue weighted by molar-refractivity contribution is 6.30. The summed E-state index contributed by atoms with van der Waals surface area (Å²) in [5, 5.41) is 3.71. The van der Waals surface area contributed by atoms with Gasteiger partial charge in [-0.05, 0) is 25.5 Å². The molecule has 1 rings (SSSR count). The van der Waals surface area contributed by atoms with Crippen molar-refractivity contribution in [2.75, 3.05) is 0 Å². The molecule has 3 N–H and O–H groups in total. The Bertz CT molecular complexity index is 348. The highest BCUT2D eigenvalue weighted by Gasteiger charge is 1.99. The topological polar surface area (TPSA) is 63.3 Å². The van der Waals surface area contributed by atoms with Crippen LogP contribution in [0.15, 0.2) is 23.3 Å². The Hall–Kier alpha value is -1.29. The van der Waals surface area contributed by atoms with Crippen LogP contribution in [0.1, 0.15) is 26.0 Å². The lowest BCUT2D eigenvalue weighted by Crippen LogP contribution is -2.38. The van der Waals surface area contributed by atoms with Crippen molar-refractivity contribution in [1.29, 1.82) is 0 Å². The Morgan fingerprint density at radius 2 is 2.38 bits per heavy atom. The van der Waals surface area contributed by atoms with Gasteiger partial charge in [-0.3, -0.25) is 4.98 Å². The first-order chi connectivity index (χ1) is 7.61. The summed E-state index contributed by atoms with van der Waals surface area (Å²) in [5.41, 5.74) is 6.56. The van der Waals surface area contributed by atoms with Gasteiger partial charge in [0.15, 0.2) is 5.96 Å². The SMILES string of the molecule is CCC(C)NC(N)=NCc1ccc(Cl)cn1. The Morgan fingerprint density at radius 1 is 1.62 bits per heavy atom. The first-order valence-corrected chi connectivity index (χ1v) is 5.66. The van der Waals surface area contributed by atoms with E-state index in [1.807, 2.05) is 6.07 Å². The maximum atomic E-state index is 5.73. The second-order valence-corrected chi connectivity index (χ2v) is 4.06. The van der Waals surface area contributed by atoms with Crippen LogP contribution in [-0.2, 0) is 6.54 Å². The van der Waals surface area contributed by atoms with Gasteiger partial charge in [0.05, 0.1) is 17.3 Å². The van der Waals surface area contributed by atoms with E-state index in [0.29, 0.717) is 23.6 Å². The van der Waals surface area contributed by atoms with Crippen LogP contribution in [0.25, 0.3) is 0 Å². The smallest absolute Gasteiger partial charge is 0.189 e. The number of hydrogen-bond donors (Lipinski definition) is 2. The maximum absolute atomic E-state index is 5.73. The molecule has 1 atom stereocenters. The molecule has 0 spiro atoms. The van der Waals surface area contributed by atoms with Gasteiger partial charge < -0.3 is 11.1 Å². The predicted octanol–water partition coefficient (Wildman–Crippen LogP) is 1.94. The van der Waals surface area contributed by atoms with Gasteiger partial charge in [0.2, 0.25) is 0 Å². The fraction of sp³-hybridized carbons (Fsp3) is 0.455. The highest BCUT2D eigenvalue weighted by Crippen LogP contribution is 2.06. The Kier molecular flexibility index (Phi) is 5.05. The number of halogens is 1. The van der Waals surface area contributed by atoms with Crippen LogP contribution in [0.5, 0.6) is 0 Å². The van der Waals surface area contributed by atoms with Crippen molar-refractivity contribution in [3.8, 4) is 0 Å². The quantitative estimate of drug-likeness (QED) is 0.625. The summed E-state index contributed by atoms with van der Waals surface area (Å²) in [6.07, 6.45) is 2.61. The number of pyridine rings is 1. The average molecular weight is 241 g/mol. The van der Waals surface area contributed by atoms with Crippen molar-refractivity contribution >= 4 is 17.6 Å². The van der Waals surface area contributed by atoms with E-state index in [0.717, 1.165) is 12.1 Å². The van der Waals surface area contributed by atoms with Gasteiger partial charge in [-0.15, -0.1) is 0 Å². The number of hydrogen-bond acceptors (Lipinski definition) is 2. The molecule has 0 aliphatic heterocycles. The molecule has 0 amide bonds. The zero-order chi connectivity index (χ0) is 12.0. The molecule has 1 heterocycles. The lowest BCUT2D eigenvalue weighted by molar-refractivity contribution is 0.636. The summed E-state index contributed by atoms with van der Waals surface area (Å²) >= 11 is 5.73. The van der Waals surface area contributed by atoms with E-state index in [4.69, 9.17) is 17.3 Å². The lowest BCUT2D eigenvalue weighted by atomic mass is 10.3. The van der Waals surface area contributed by atoms with Gasteiger partial charge in [-0.2, -0.15) is 0 Å². The molecule has 0 saturated carbocycles. The lowest BCUT2D eigenvalue weighted by Gasteiger charge is -2.11. The van der Waals surface area contributed by atoms with E-state index in [9.17, 15) is 0 Å². The molecule has 0 radical (unpaired) electrons. The van der Waals surface area contributed by atoms with Crippen molar-refractivity contribution in [2.24, 2.45) is 10.7 Å². The maximum Gasteiger partial charge on any atom is 0.189 e. The molecule has 0 aliphatic carbocycles. The number of nitrogens with two attached hydrogens (primary N) is 1. The fourth-order valence-corrected chi connectivity index (χ4v) is 1.18. The fourth-order valence-electron chi connectivity index (χ4n) is 1.07. The van der Waals surface area contributed by atoms with Gasteiger partial charge in [0.25, 0.3) is 0 Å². The minimum Gasteiger partial charge on any atom is -0.370 e. The van der Waals surface area contributed by atoms with E-state index in [1.165, 1.54) is 0 Å². The molecule has 0 bridgehead atoms. The van der Waals surface area contributed by atoms with Crippen LogP contribution in [0, 0.1) is 0 Å². The number of guanidine groups is 1. The monoisotopic (exact) mass is 240 g/mol. The van der Waals surface area contributed by atoms with E-state index >= 15 is 0 Å². The molecular weight excluding hydrogens is 224 g/mol. The normalized spacial score (nSPS) is 13.6. The van der Waals surface area contributed by atoms with Gasteiger partial charge in [-0.1, -0.05) is 18.5 Å². The van der Waals surface area contributed by atoms with Crippen LogP contribution in [0.4, 0.5) is 0 Å². The standard InChI is InChI=1S/C11H17ClN4/c1-3-8(2)16-11(13)15-7-10-5-4-9(12)6-14-10/h4-6,8H,3,7H2,1-2H3,(H3,13,15,16). The molecule has 16 heavy (non-hydrogen) atoms. The molecular formula is C11H17ClN4. The van der Waals surface area contributed by atoms with Crippen molar-refractivity contribution in [3.63, 3.8) is 0 Å². The first kappa shape index (κ1) is 12.8. The molecule has 4 nitrogen and oxygen atoms in total. The van der Waals surface area contributed by atoms with Crippen molar-refractivity contribution < 1.29 is 0 Å². The molecule has 0 fully saturated rings. The summed E-state index contributed by atoms with van der Waals surface area (Å²) in [6, 6.07) is 3.96.